The highest BCUT2D eigenvalue weighted by atomic mass is 16.3. The molecule has 7 heteroatoms. The molecule has 0 aromatic carbocycles. The van der Waals surface area contributed by atoms with E-state index in [9.17, 15) is 19.5 Å². The maximum atomic E-state index is 11.9. The minimum atomic E-state index is -1.06. The third kappa shape index (κ3) is 4.96. The van der Waals surface area contributed by atoms with Gasteiger partial charge in [-0.2, -0.15) is 0 Å². The molecule has 0 aliphatic carbocycles. The molecule has 19 heavy (non-hydrogen) atoms. The molecule has 7 nitrogen and oxygen atoms in total. The van der Waals surface area contributed by atoms with Crippen molar-refractivity contribution < 1.29 is 19.5 Å². The summed E-state index contributed by atoms with van der Waals surface area (Å²) < 4.78 is 0. The number of hydrogen-bond acceptors (Lipinski definition) is 5. The topological polar surface area (TPSA) is 104 Å². The number of Topliss-reactive ketones (excluding diaryl/α,β-unsaturated/α-hetero) is 1. The van der Waals surface area contributed by atoms with E-state index in [0.717, 1.165) is 4.90 Å². The number of hydrogen-bond donors (Lipinski definition) is 2. The molecule has 0 aromatic heterocycles. The highest BCUT2D eigenvalue weighted by Gasteiger charge is 2.26. The highest BCUT2D eigenvalue weighted by Crippen LogP contribution is 2.01. The zero-order valence-electron chi connectivity index (χ0n) is 12.1. The summed E-state index contributed by atoms with van der Waals surface area (Å²) >= 11 is 0. The number of nitrogens with two attached hydrogens (primary N) is 1. The van der Waals surface area contributed by atoms with Gasteiger partial charge in [0.2, 0.25) is 11.8 Å². The number of likely N-dealkylation sites (N-methyl/N-ethyl adjacent to an activating group) is 2. The zero-order valence-corrected chi connectivity index (χ0v) is 12.1. The SMILES string of the molecule is CC(=O)C(C)N(C)C(=O)CN(C)C(=O)C(N)C(C)O. The molecule has 0 aliphatic rings. The van der Waals surface area contributed by atoms with Crippen LogP contribution in [0.4, 0.5) is 0 Å². The van der Waals surface area contributed by atoms with Crippen LogP contribution in [0.15, 0.2) is 0 Å². The number of carbonyl (C=O) groups is 3. The van der Waals surface area contributed by atoms with Crippen molar-refractivity contribution in [2.75, 3.05) is 20.6 Å². The van der Waals surface area contributed by atoms with Crippen LogP contribution in [0.3, 0.4) is 0 Å². The maximum absolute atomic E-state index is 11.9. The van der Waals surface area contributed by atoms with E-state index in [4.69, 9.17) is 5.73 Å². The second-order valence-corrected chi connectivity index (χ2v) is 4.75. The van der Waals surface area contributed by atoms with Gasteiger partial charge in [-0.15, -0.1) is 0 Å². The van der Waals surface area contributed by atoms with Gasteiger partial charge < -0.3 is 20.6 Å². The zero-order chi connectivity index (χ0) is 15.3. The lowest BCUT2D eigenvalue weighted by Gasteiger charge is -2.27. The molecule has 2 amide bonds. The molecule has 0 aromatic rings. The van der Waals surface area contributed by atoms with E-state index in [1.54, 1.807) is 6.92 Å². The first-order valence-electron chi connectivity index (χ1n) is 6.04. The molecule has 0 saturated carbocycles. The Morgan fingerprint density at radius 3 is 2.05 bits per heavy atom. The van der Waals surface area contributed by atoms with Gasteiger partial charge in [0.25, 0.3) is 0 Å². The van der Waals surface area contributed by atoms with Crippen LogP contribution in [0, 0.1) is 0 Å². The molecule has 0 rings (SSSR count). The molecular formula is C12H23N3O4. The van der Waals surface area contributed by atoms with Gasteiger partial charge in [-0.1, -0.05) is 0 Å². The van der Waals surface area contributed by atoms with Crippen LogP contribution in [-0.2, 0) is 14.4 Å². The Labute approximate surface area is 113 Å². The van der Waals surface area contributed by atoms with Gasteiger partial charge in [-0.3, -0.25) is 14.4 Å². The predicted molar refractivity (Wildman–Crippen MR) is 70.2 cm³/mol. The number of rotatable bonds is 6. The summed E-state index contributed by atoms with van der Waals surface area (Å²) in [6.45, 7) is 4.23. The molecule has 3 unspecified atom stereocenters. The monoisotopic (exact) mass is 273 g/mol. The Morgan fingerprint density at radius 2 is 1.68 bits per heavy atom. The van der Waals surface area contributed by atoms with Crippen molar-refractivity contribution in [1.29, 1.82) is 0 Å². The molecule has 0 radical (unpaired) electrons. The van der Waals surface area contributed by atoms with Crippen LogP contribution < -0.4 is 5.73 Å². The van der Waals surface area contributed by atoms with E-state index in [0.29, 0.717) is 0 Å². The molecule has 0 aliphatic heterocycles. The summed E-state index contributed by atoms with van der Waals surface area (Å²) in [6, 6.07) is -1.60. The van der Waals surface area contributed by atoms with Gasteiger partial charge >= 0.3 is 0 Å². The summed E-state index contributed by atoms with van der Waals surface area (Å²) in [5, 5.41) is 9.23. The normalized spacial score (nSPS) is 15.3. The van der Waals surface area contributed by atoms with E-state index in [1.807, 2.05) is 0 Å². The van der Waals surface area contributed by atoms with E-state index >= 15 is 0 Å². The molecule has 0 spiro atoms. The Balaban J connectivity index is 4.57. The van der Waals surface area contributed by atoms with Crippen molar-refractivity contribution in [3.63, 3.8) is 0 Å². The second kappa shape index (κ2) is 7.20. The largest absolute Gasteiger partial charge is 0.391 e. The Kier molecular flexibility index (Phi) is 6.64. The molecule has 0 heterocycles. The first-order valence-corrected chi connectivity index (χ1v) is 6.04. The third-order valence-electron chi connectivity index (χ3n) is 3.12. The van der Waals surface area contributed by atoms with E-state index in [2.05, 4.69) is 0 Å². The van der Waals surface area contributed by atoms with Gasteiger partial charge in [0, 0.05) is 14.1 Å². The molecule has 0 fully saturated rings. The van der Waals surface area contributed by atoms with E-state index in [-0.39, 0.29) is 18.2 Å². The van der Waals surface area contributed by atoms with Crippen LogP contribution >= 0.6 is 0 Å². The van der Waals surface area contributed by atoms with E-state index in [1.165, 1.54) is 32.8 Å². The maximum Gasteiger partial charge on any atom is 0.242 e. The first kappa shape index (κ1) is 17.5. The Bertz CT molecular complexity index is 357. The first-order chi connectivity index (χ1) is 8.59. The Hall–Kier alpha value is -1.47. The molecule has 110 valence electrons. The van der Waals surface area contributed by atoms with Crippen LogP contribution in [0.5, 0.6) is 0 Å². The average molecular weight is 273 g/mol. The third-order valence-corrected chi connectivity index (χ3v) is 3.12. The van der Waals surface area contributed by atoms with Crippen LogP contribution in [0.25, 0.3) is 0 Å². The summed E-state index contributed by atoms with van der Waals surface area (Å²) in [6.07, 6.45) is -0.987. The lowest BCUT2D eigenvalue weighted by Crippen LogP contribution is -2.51. The number of ketones is 1. The van der Waals surface area contributed by atoms with Gasteiger partial charge in [0.15, 0.2) is 5.78 Å². The van der Waals surface area contributed by atoms with Crippen molar-refractivity contribution in [3.8, 4) is 0 Å². The quantitative estimate of drug-likeness (QED) is 0.618. The van der Waals surface area contributed by atoms with Crippen LogP contribution in [0.2, 0.25) is 0 Å². The minimum absolute atomic E-state index is 0.134. The lowest BCUT2D eigenvalue weighted by molar-refractivity contribution is -0.143. The van der Waals surface area contributed by atoms with Gasteiger partial charge in [-0.25, -0.2) is 0 Å². The molecule has 3 N–H and O–H groups in total. The van der Waals surface area contributed by atoms with Crippen molar-refractivity contribution in [1.82, 2.24) is 9.80 Å². The van der Waals surface area contributed by atoms with E-state index < -0.39 is 24.1 Å². The summed E-state index contributed by atoms with van der Waals surface area (Å²) in [5.41, 5.74) is 5.50. The predicted octanol–water partition coefficient (Wildman–Crippen LogP) is -1.41. The minimum Gasteiger partial charge on any atom is -0.391 e. The van der Waals surface area contributed by atoms with Crippen molar-refractivity contribution in [3.05, 3.63) is 0 Å². The number of amides is 2. The summed E-state index contributed by atoms with van der Waals surface area (Å²) in [4.78, 5) is 37.2. The number of carbonyl (C=O) groups excluding carboxylic acids is 3. The van der Waals surface area contributed by atoms with Crippen LogP contribution in [-0.4, -0.2) is 71.3 Å². The lowest BCUT2D eigenvalue weighted by atomic mass is 10.1. The Morgan fingerprint density at radius 1 is 1.21 bits per heavy atom. The summed E-state index contributed by atoms with van der Waals surface area (Å²) in [7, 11) is 2.93. The number of aliphatic hydroxyl groups excluding tert-OH is 1. The second-order valence-electron chi connectivity index (χ2n) is 4.75. The molecular weight excluding hydrogens is 250 g/mol. The van der Waals surface area contributed by atoms with Gasteiger partial charge in [0.1, 0.15) is 6.04 Å². The van der Waals surface area contributed by atoms with Crippen molar-refractivity contribution >= 4 is 17.6 Å². The van der Waals surface area contributed by atoms with Crippen molar-refractivity contribution in [2.24, 2.45) is 5.73 Å². The molecule has 3 atom stereocenters. The number of aliphatic hydroxyl groups is 1. The van der Waals surface area contributed by atoms with Gasteiger partial charge in [-0.05, 0) is 20.8 Å². The number of nitrogens with zero attached hydrogens (tertiary/aromatic N) is 2. The van der Waals surface area contributed by atoms with Crippen LogP contribution in [0.1, 0.15) is 20.8 Å². The van der Waals surface area contributed by atoms with Crippen molar-refractivity contribution in [2.45, 2.75) is 39.0 Å². The fourth-order valence-corrected chi connectivity index (χ4v) is 1.34. The average Bonchev–Trinajstić information content (AvgIpc) is 2.34. The molecule has 0 saturated heterocycles. The smallest absolute Gasteiger partial charge is 0.242 e. The standard InChI is InChI=1S/C12H23N3O4/c1-7(8(2)16)15(5)10(18)6-14(4)12(19)11(13)9(3)17/h7,9,11,17H,6,13H2,1-5H3. The van der Waals surface area contributed by atoms with Gasteiger partial charge in [0.05, 0.1) is 18.7 Å². The fourth-order valence-electron chi connectivity index (χ4n) is 1.34. The molecule has 0 bridgehead atoms. The fraction of sp³-hybridized carbons (Fsp3) is 0.750. The summed E-state index contributed by atoms with van der Waals surface area (Å²) in [5.74, 6) is -1.02. The highest BCUT2D eigenvalue weighted by molar-refractivity contribution is 5.90.